The molecule has 1 aliphatic heterocycles. The third kappa shape index (κ3) is 2.15. The van der Waals surface area contributed by atoms with Gasteiger partial charge in [-0.05, 0) is 24.3 Å². The van der Waals surface area contributed by atoms with Gasteiger partial charge in [-0.15, -0.1) is 11.3 Å². The zero-order valence-corrected chi connectivity index (χ0v) is 10.8. The summed E-state index contributed by atoms with van der Waals surface area (Å²) >= 11 is 1.85. The molecule has 0 radical (unpaired) electrons. The van der Waals surface area contributed by atoms with Crippen LogP contribution in [0.15, 0.2) is 23.8 Å². The van der Waals surface area contributed by atoms with Crippen LogP contribution in [0.3, 0.4) is 0 Å². The van der Waals surface area contributed by atoms with Crippen LogP contribution in [0.4, 0.5) is 0 Å². The molecule has 0 fully saturated rings. The minimum Gasteiger partial charge on any atom is -0.336 e. The normalized spacial score (nSPS) is 19.2. The van der Waals surface area contributed by atoms with Crippen LogP contribution >= 0.6 is 11.3 Å². The van der Waals surface area contributed by atoms with Crippen LogP contribution in [-0.4, -0.2) is 16.1 Å². The number of imidazole rings is 1. The van der Waals surface area contributed by atoms with Gasteiger partial charge < -0.3 is 9.88 Å². The highest BCUT2D eigenvalue weighted by atomic mass is 32.1. The summed E-state index contributed by atoms with van der Waals surface area (Å²) in [4.78, 5) is 5.95. The molecule has 0 aliphatic carbocycles. The summed E-state index contributed by atoms with van der Waals surface area (Å²) in [5.41, 5.74) is 2.66. The molecule has 90 valence electrons. The van der Waals surface area contributed by atoms with E-state index in [2.05, 4.69) is 39.4 Å². The number of nitrogens with zero attached hydrogens (tertiary/aromatic N) is 2. The first kappa shape index (κ1) is 11.0. The van der Waals surface area contributed by atoms with Crippen molar-refractivity contribution in [3.63, 3.8) is 0 Å². The van der Waals surface area contributed by atoms with Crippen molar-refractivity contribution in [1.29, 1.82) is 0 Å². The van der Waals surface area contributed by atoms with Gasteiger partial charge in [0.25, 0.3) is 0 Å². The number of hydrogen-bond acceptors (Lipinski definition) is 3. The van der Waals surface area contributed by atoms with E-state index in [0.717, 1.165) is 25.8 Å². The van der Waals surface area contributed by atoms with Gasteiger partial charge in [0.1, 0.15) is 0 Å². The molecule has 3 rings (SSSR count). The Bertz CT molecular complexity index is 487. The van der Waals surface area contributed by atoms with E-state index < -0.39 is 0 Å². The molecule has 0 saturated heterocycles. The molecule has 2 aromatic heterocycles. The van der Waals surface area contributed by atoms with Gasteiger partial charge in [-0.1, -0.05) is 6.07 Å². The zero-order chi connectivity index (χ0) is 11.7. The van der Waals surface area contributed by atoms with Crippen LogP contribution in [-0.2, 0) is 19.9 Å². The van der Waals surface area contributed by atoms with E-state index in [4.69, 9.17) is 0 Å². The Hall–Kier alpha value is -1.13. The van der Waals surface area contributed by atoms with E-state index in [1.54, 1.807) is 0 Å². The molecule has 3 heterocycles. The third-order valence-electron chi connectivity index (χ3n) is 3.40. The number of hydrogen-bond donors (Lipinski definition) is 1. The molecular weight excluding hydrogens is 230 g/mol. The minimum atomic E-state index is 0.466. The lowest BCUT2D eigenvalue weighted by Crippen LogP contribution is -2.31. The van der Waals surface area contributed by atoms with Crippen molar-refractivity contribution >= 4 is 11.3 Å². The van der Waals surface area contributed by atoms with Gasteiger partial charge >= 0.3 is 0 Å². The lowest BCUT2D eigenvalue weighted by Gasteiger charge is -2.24. The fourth-order valence-electron chi connectivity index (χ4n) is 2.57. The Balaban J connectivity index is 1.74. The van der Waals surface area contributed by atoms with Crippen molar-refractivity contribution in [2.24, 2.45) is 7.05 Å². The van der Waals surface area contributed by atoms with Gasteiger partial charge in [-0.3, -0.25) is 0 Å². The van der Waals surface area contributed by atoms with Gasteiger partial charge in [0, 0.05) is 30.9 Å². The molecule has 2 aromatic rings. The first-order valence-electron chi connectivity index (χ1n) is 6.10. The van der Waals surface area contributed by atoms with E-state index in [0.29, 0.717) is 6.04 Å². The summed E-state index contributed by atoms with van der Waals surface area (Å²) in [7, 11) is 2.09. The van der Waals surface area contributed by atoms with E-state index >= 15 is 0 Å². The monoisotopic (exact) mass is 247 g/mol. The van der Waals surface area contributed by atoms with E-state index in [1.165, 1.54) is 16.3 Å². The van der Waals surface area contributed by atoms with Gasteiger partial charge in [-0.25, -0.2) is 4.98 Å². The first-order chi connectivity index (χ1) is 8.34. The standard InChI is InChI=1S/C13H17N3S/c1-16-9-15-12-6-7-14-11(13(12)16)5-4-10-3-2-8-17-10/h2-3,8-9,11,14H,4-7H2,1H3. The number of aryl methyl sites for hydroxylation is 2. The predicted octanol–water partition coefficient (Wildman–Crippen LogP) is 2.30. The van der Waals surface area contributed by atoms with Crippen molar-refractivity contribution < 1.29 is 0 Å². The Morgan fingerprint density at radius 2 is 2.53 bits per heavy atom. The van der Waals surface area contributed by atoms with Crippen LogP contribution in [0.5, 0.6) is 0 Å². The third-order valence-corrected chi connectivity index (χ3v) is 4.34. The van der Waals surface area contributed by atoms with E-state index in [-0.39, 0.29) is 0 Å². The largest absolute Gasteiger partial charge is 0.336 e. The van der Waals surface area contributed by atoms with Gasteiger partial charge in [0.2, 0.25) is 0 Å². The van der Waals surface area contributed by atoms with Crippen molar-refractivity contribution in [3.8, 4) is 0 Å². The predicted molar refractivity (Wildman–Crippen MR) is 70.3 cm³/mol. The number of nitrogens with one attached hydrogen (secondary N) is 1. The zero-order valence-electron chi connectivity index (χ0n) is 10.0. The van der Waals surface area contributed by atoms with E-state index in [9.17, 15) is 0 Å². The lowest BCUT2D eigenvalue weighted by atomic mass is 10.0. The van der Waals surface area contributed by atoms with Crippen LogP contribution in [0.2, 0.25) is 0 Å². The van der Waals surface area contributed by atoms with Gasteiger partial charge in [0.05, 0.1) is 17.7 Å². The molecule has 3 nitrogen and oxygen atoms in total. The van der Waals surface area contributed by atoms with Crippen molar-refractivity contribution in [2.45, 2.75) is 25.3 Å². The fourth-order valence-corrected chi connectivity index (χ4v) is 3.29. The Morgan fingerprint density at radius 3 is 3.35 bits per heavy atom. The second-order valence-electron chi connectivity index (χ2n) is 4.56. The maximum absolute atomic E-state index is 4.48. The number of rotatable bonds is 3. The van der Waals surface area contributed by atoms with Crippen molar-refractivity contribution in [2.75, 3.05) is 6.54 Å². The fraction of sp³-hybridized carbons (Fsp3) is 0.462. The molecule has 4 heteroatoms. The lowest BCUT2D eigenvalue weighted by molar-refractivity contribution is 0.452. The first-order valence-corrected chi connectivity index (χ1v) is 6.98. The molecule has 1 aliphatic rings. The summed E-state index contributed by atoms with van der Waals surface area (Å²) in [5.74, 6) is 0. The summed E-state index contributed by atoms with van der Waals surface area (Å²) in [6.07, 6.45) is 5.31. The second-order valence-corrected chi connectivity index (χ2v) is 5.59. The minimum absolute atomic E-state index is 0.466. The highest BCUT2D eigenvalue weighted by molar-refractivity contribution is 7.09. The van der Waals surface area contributed by atoms with Crippen LogP contribution < -0.4 is 5.32 Å². The van der Waals surface area contributed by atoms with Crippen molar-refractivity contribution in [1.82, 2.24) is 14.9 Å². The van der Waals surface area contributed by atoms with Crippen LogP contribution in [0.25, 0.3) is 0 Å². The van der Waals surface area contributed by atoms with E-state index in [1.807, 2.05) is 17.7 Å². The van der Waals surface area contributed by atoms with Crippen molar-refractivity contribution in [3.05, 3.63) is 40.1 Å². The smallest absolute Gasteiger partial charge is 0.0949 e. The van der Waals surface area contributed by atoms with Crippen LogP contribution in [0.1, 0.15) is 28.7 Å². The Labute approximate surface area is 106 Å². The topological polar surface area (TPSA) is 29.9 Å². The van der Waals surface area contributed by atoms with Gasteiger partial charge in [-0.2, -0.15) is 0 Å². The number of fused-ring (bicyclic) bond motifs is 1. The van der Waals surface area contributed by atoms with Gasteiger partial charge in [0.15, 0.2) is 0 Å². The number of thiophene rings is 1. The quantitative estimate of drug-likeness (QED) is 0.902. The highest BCUT2D eigenvalue weighted by Gasteiger charge is 2.23. The molecule has 0 bridgehead atoms. The summed E-state index contributed by atoms with van der Waals surface area (Å²) in [6, 6.07) is 4.81. The summed E-state index contributed by atoms with van der Waals surface area (Å²) in [6.45, 7) is 1.05. The highest BCUT2D eigenvalue weighted by Crippen LogP contribution is 2.26. The molecule has 1 N–H and O–H groups in total. The average molecular weight is 247 g/mol. The second kappa shape index (κ2) is 4.63. The Morgan fingerprint density at radius 1 is 1.59 bits per heavy atom. The molecule has 0 aromatic carbocycles. The molecule has 0 spiro atoms. The molecule has 0 saturated carbocycles. The molecule has 0 amide bonds. The molecule has 17 heavy (non-hydrogen) atoms. The average Bonchev–Trinajstić information content (AvgIpc) is 2.97. The molecule has 1 unspecified atom stereocenters. The molecular formula is C13H17N3S. The SMILES string of the molecule is Cn1cnc2c1C(CCc1cccs1)NCC2. The van der Waals surface area contributed by atoms with Crippen LogP contribution in [0, 0.1) is 0 Å². The summed E-state index contributed by atoms with van der Waals surface area (Å²) < 4.78 is 2.17. The molecule has 1 atom stereocenters. The maximum atomic E-state index is 4.48. The summed E-state index contributed by atoms with van der Waals surface area (Å²) in [5, 5.41) is 5.76. The number of aromatic nitrogens is 2. The maximum Gasteiger partial charge on any atom is 0.0949 e. The Kier molecular flexibility index (Phi) is 2.99.